The van der Waals surface area contributed by atoms with Crippen molar-refractivity contribution in [2.75, 3.05) is 0 Å². The Morgan fingerprint density at radius 2 is 2.06 bits per heavy atom. The summed E-state index contributed by atoms with van der Waals surface area (Å²) in [6.45, 7) is 0. The highest BCUT2D eigenvalue weighted by atomic mass is 127. The third-order valence-electron chi connectivity index (χ3n) is 2.42. The van der Waals surface area contributed by atoms with Gasteiger partial charge < -0.3 is 0 Å². The zero-order chi connectivity index (χ0) is 12.7. The number of alkyl halides is 2. The van der Waals surface area contributed by atoms with E-state index < -0.39 is 6.43 Å². The molecule has 3 heterocycles. The van der Waals surface area contributed by atoms with E-state index in [0.29, 0.717) is 11.3 Å². The Morgan fingerprint density at radius 3 is 2.78 bits per heavy atom. The summed E-state index contributed by atoms with van der Waals surface area (Å²) in [5, 5.41) is 7.99. The third-order valence-corrected chi connectivity index (χ3v) is 3.02. The fraction of sp³-hybridized carbons (Fsp3) is 0.100. The van der Waals surface area contributed by atoms with E-state index in [9.17, 15) is 8.78 Å². The van der Waals surface area contributed by atoms with Gasteiger partial charge in [0.2, 0.25) is 0 Å². The fourth-order valence-corrected chi connectivity index (χ4v) is 1.97. The first-order valence-electron chi connectivity index (χ1n) is 4.98. The number of nitrogens with zero attached hydrogens (tertiary/aromatic N) is 5. The van der Waals surface area contributed by atoms with Gasteiger partial charge in [-0.05, 0) is 28.7 Å². The number of halogens is 3. The molecule has 0 aliphatic carbocycles. The summed E-state index contributed by atoms with van der Waals surface area (Å²) >= 11 is 2.08. The van der Waals surface area contributed by atoms with Crippen LogP contribution in [0.2, 0.25) is 0 Å². The molecule has 0 aromatic carbocycles. The molecular formula is C10H6F2IN5. The van der Waals surface area contributed by atoms with Gasteiger partial charge in [-0.15, -0.1) is 0 Å². The van der Waals surface area contributed by atoms with Crippen LogP contribution in [0.4, 0.5) is 8.78 Å². The lowest BCUT2D eigenvalue weighted by Gasteiger charge is -1.98. The molecule has 0 saturated heterocycles. The topological polar surface area (TPSA) is 48.0 Å². The van der Waals surface area contributed by atoms with Crippen LogP contribution in [0.25, 0.3) is 11.3 Å². The third kappa shape index (κ3) is 1.85. The molecule has 0 bridgehead atoms. The van der Waals surface area contributed by atoms with Crippen LogP contribution in [0.15, 0.2) is 30.9 Å². The summed E-state index contributed by atoms with van der Waals surface area (Å²) in [6, 6.07) is 1.80. The number of aromatic nitrogens is 5. The lowest BCUT2D eigenvalue weighted by Crippen LogP contribution is -1.97. The molecule has 5 nitrogen and oxygen atoms in total. The first-order chi connectivity index (χ1) is 8.65. The van der Waals surface area contributed by atoms with Crippen molar-refractivity contribution in [1.82, 2.24) is 24.4 Å². The molecule has 8 heteroatoms. The summed E-state index contributed by atoms with van der Waals surface area (Å²) in [5.41, 5.74) is 1.02. The SMILES string of the molecule is FC(F)c1cnn(-c2cnn3ccc(I)nc23)c1. The van der Waals surface area contributed by atoms with Crippen molar-refractivity contribution in [2.45, 2.75) is 6.43 Å². The number of rotatable bonds is 2. The zero-order valence-electron chi connectivity index (χ0n) is 8.83. The number of fused-ring (bicyclic) bond motifs is 1. The molecule has 18 heavy (non-hydrogen) atoms. The summed E-state index contributed by atoms with van der Waals surface area (Å²) in [5.74, 6) is 0. The molecule has 0 spiro atoms. The Morgan fingerprint density at radius 1 is 1.22 bits per heavy atom. The van der Waals surface area contributed by atoms with E-state index in [1.165, 1.54) is 10.9 Å². The molecule has 0 N–H and O–H groups in total. The molecule has 0 radical (unpaired) electrons. The highest BCUT2D eigenvalue weighted by molar-refractivity contribution is 14.1. The van der Waals surface area contributed by atoms with Crippen LogP contribution in [0.5, 0.6) is 0 Å². The minimum atomic E-state index is -2.53. The maximum absolute atomic E-state index is 12.5. The van der Waals surface area contributed by atoms with Crippen LogP contribution >= 0.6 is 22.6 Å². The molecule has 0 aliphatic heterocycles. The molecule has 0 fully saturated rings. The summed E-state index contributed by atoms with van der Waals surface area (Å²) in [6.07, 6.45) is 3.19. The smallest absolute Gasteiger partial charge is 0.235 e. The predicted molar refractivity (Wildman–Crippen MR) is 67.8 cm³/mol. The number of hydrogen-bond donors (Lipinski definition) is 0. The largest absolute Gasteiger partial charge is 0.266 e. The van der Waals surface area contributed by atoms with Crippen molar-refractivity contribution in [3.05, 3.63) is 40.1 Å². The van der Waals surface area contributed by atoms with Crippen LogP contribution < -0.4 is 0 Å². The Kier molecular flexibility index (Phi) is 2.73. The Hall–Kier alpha value is -1.58. The summed E-state index contributed by atoms with van der Waals surface area (Å²) in [7, 11) is 0. The predicted octanol–water partition coefficient (Wildman–Crippen LogP) is 2.46. The van der Waals surface area contributed by atoms with Crippen molar-refractivity contribution in [1.29, 1.82) is 0 Å². The second-order valence-electron chi connectivity index (χ2n) is 3.57. The van der Waals surface area contributed by atoms with Gasteiger partial charge in [-0.3, -0.25) is 0 Å². The molecular weight excluding hydrogens is 355 g/mol. The average Bonchev–Trinajstić information content (AvgIpc) is 2.93. The molecule has 3 rings (SSSR count). The fourth-order valence-electron chi connectivity index (χ4n) is 1.58. The van der Waals surface area contributed by atoms with Gasteiger partial charge in [0.15, 0.2) is 5.65 Å². The van der Waals surface area contributed by atoms with Gasteiger partial charge in [-0.2, -0.15) is 10.2 Å². The van der Waals surface area contributed by atoms with Crippen LogP contribution in [0.1, 0.15) is 12.0 Å². The van der Waals surface area contributed by atoms with E-state index in [2.05, 4.69) is 37.8 Å². The monoisotopic (exact) mass is 361 g/mol. The first-order valence-corrected chi connectivity index (χ1v) is 6.06. The van der Waals surface area contributed by atoms with Crippen molar-refractivity contribution in [3.8, 4) is 5.69 Å². The zero-order valence-corrected chi connectivity index (χ0v) is 11.0. The van der Waals surface area contributed by atoms with Crippen molar-refractivity contribution in [3.63, 3.8) is 0 Å². The Bertz CT molecular complexity index is 705. The van der Waals surface area contributed by atoms with Crippen LogP contribution in [-0.4, -0.2) is 24.4 Å². The summed E-state index contributed by atoms with van der Waals surface area (Å²) < 4.78 is 28.7. The molecule has 0 aliphatic rings. The van der Waals surface area contributed by atoms with Crippen LogP contribution in [0.3, 0.4) is 0 Å². The van der Waals surface area contributed by atoms with Crippen molar-refractivity contribution in [2.24, 2.45) is 0 Å². The quantitative estimate of drug-likeness (QED) is 0.521. The van der Waals surface area contributed by atoms with Gasteiger partial charge in [0, 0.05) is 12.4 Å². The van der Waals surface area contributed by atoms with Gasteiger partial charge in [0.05, 0.1) is 18.0 Å². The van der Waals surface area contributed by atoms with E-state index >= 15 is 0 Å². The van der Waals surface area contributed by atoms with Crippen molar-refractivity contribution < 1.29 is 8.78 Å². The minimum absolute atomic E-state index is 0.125. The Labute approximate surface area is 114 Å². The van der Waals surface area contributed by atoms with Gasteiger partial charge >= 0.3 is 0 Å². The molecule has 0 unspecified atom stereocenters. The average molecular weight is 361 g/mol. The highest BCUT2D eigenvalue weighted by Crippen LogP contribution is 2.20. The molecule has 0 amide bonds. The van der Waals surface area contributed by atoms with E-state index in [4.69, 9.17) is 0 Å². The molecule has 3 aromatic heterocycles. The first kappa shape index (κ1) is 11.5. The van der Waals surface area contributed by atoms with E-state index in [-0.39, 0.29) is 5.56 Å². The lowest BCUT2D eigenvalue weighted by atomic mass is 10.4. The lowest BCUT2D eigenvalue weighted by molar-refractivity contribution is 0.151. The molecule has 0 atom stereocenters. The van der Waals surface area contributed by atoms with Crippen LogP contribution in [-0.2, 0) is 0 Å². The second kappa shape index (κ2) is 4.26. The minimum Gasteiger partial charge on any atom is -0.235 e. The molecule has 92 valence electrons. The number of hydrogen-bond acceptors (Lipinski definition) is 3. The molecule has 3 aromatic rings. The van der Waals surface area contributed by atoms with Gasteiger partial charge in [-0.25, -0.2) is 23.0 Å². The van der Waals surface area contributed by atoms with Gasteiger partial charge in [0.25, 0.3) is 6.43 Å². The van der Waals surface area contributed by atoms with Gasteiger partial charge in [0.1, 0.15) is 9.39 Å². The van der Waals surface area contributed by atoms with E-state index in [1.807, 2.05) is 0 Å². The van der Waals surface area contributed by atoms with Crippen molar-refractivity contribution >= 4 is 28.2 Å². The summed E-state index contributed by atoms with van der Waals surface area (Å²) in [4.78, 5) is 4.30. The Balaban J connectivity index is 2.15. The maximum atomic E-state index is 12.5. The molecule has 0 saturated carbocycles. The van der Waals surface area contributed by atoms with Gasteiger partial charge in [-0.1, -0.05) is 0 Å². The van der Waals surface area contributed by atoms with E-state index in [0.717, 1.165) is 9.90 Å². The van der Waals surface area contributed by atoms with E-state index in [1.54, 1.807) is 23.0 Å². The van der Waals surface area contributed by atoms with Crippen LogP contribution in [0, 0.1) is 3.70 Å². The second-order valence-corrected chi connectivity index (χ2v) is 4.67. The highest BCUT2D eigenvalue weighted by Gasteiger charge is 2.13. The maximum Gasteiger partial charge on any atom is 0.266 e. The normalized spacial score (nSPS) is 11.6. The standard InChI is InChI=1S/C10H6F2IN5/c11-9(12)6-3-14-18(5-6)7-4-15-17-2-1-8(13)16-10(7)17/h1-5,9H.